The SMILES string of the molecule is C.C.CC.CC(=O)NCCn1c(C(C)(C)C)cc2cc(CC(=O)C3(c4ccc5c(c4)OCO5)CC3)ccc21.CC(C)(C)c1cc2cc(CC(=O)C3(c4ccc5c(c4)OCO5)CC3)ccc2n1CCN=[N+]=[N-].[CH3-].[HH].[Pd]. The van der Waals surface area contributed by atoms with Gasteiger partial charge in [0.1, 0.15) is 11.6 Å². The number of Topliss-reactive ketones (excluding diaryl/α,β-unsaturated/α-hetero) is 2. The first-order valence-electron chi connectivity index (χ1n) is 24.4. The summed E-state index contributed by atoms with van der Waals surface area (Å²) in [6.07, 6.45) is 4.31. The molecular weight excluding hydrogens is 1010 g/mol. The first-order chi connectivity index (χ1) is 33.0. The number of aromatic nitrogens is 2. The summed E-state index contributed by atoms with van der Waals surface area (Å²) in [5, 5.41) is 8.86. The molecule has 2 aromatic heterocycles. The minimum Gasteiger partial charge on any atom is -0.454 e. The van der Waals surface area contributed by atoms with Gasteiger partial charge in [-0.25, -0.2) is 0 Å². The van der Waals surface area contributed by atoms with Gasteiger partial charge in [-0.2, -0.15) is 0 Å². The van der Waals surface area contributed by atoms with E-state index in [1.807, 2.05) is 56.3 Å². The largest absolute Gasteiger partial charge is 0.454 e. The van der Waals surface area contributed by atoms with Gasteiger partial charge in [0.2, 0.25) is 19.5 Å². The van der Waals surface area contributed by atoms with Crippen molar-refractivity contribution in [2.45, 2.75) is 150 Å². The molecule has 14 heteroatoms. The van der Waals surface area contributed by atoms with E-state index in [1.54, 1.807) is 0 Å². The van der Waals surface area contributed by atoms with Crippen molar-refractivity contribution < 1.29 is 55.2 Å². The number of carbonyl (C=O) groups excluding carboxylic acids is 3. The Morgan fingerprint density at radius 1 is 0.644 bits per heavy atom. The molecule has 0 saturated heterocycles. The normalized spacial score (nSPS) is 14.8. The summed E-state index contributed by atoms with van der Waals surface area (Å²) in [6.45, 7) is 21.5. The second-order valence-electron chi connectivity index (χ2n) is 20.6. The van der Waals surface area contributed by atoms with E-state index >= 15 is 0 Å². The number of ketones is 2. The topological polar surface area (TPSA) is 159 Å². The molecule has 6 aromatic rings. The van der Waals surface area contributed by atoms with Crippen molar-refractivity contribution in [2.24, 2.45) is 5.11 Å². The Morgan fingerprint density at radius 3 is 1.44 bits per heavy atom. The number of hydrogen-bond donors (Lipinski definition) is 1. The molecule has 2 aliphatic heterocycles. The summed E-state index contributed by atoms with van der Waals surface area (Å²) in [6, 6.07) is 28.8. The van der Waals surface area contributed by atoms with Gasteiger partial charge in [0.05, 0.1) is 10.8 Å². The molecule has 13 nitrogen and oxygen atoms in total. The second kappa shape index (κ2) is 23.9. The monoisotopic (exact) mass is 1090 g/mol. The number of nitrogens with zero attached hydrogens (tertiary/aromatic N) is 5. The van der Waals surface area contributed by atoms with Crippen LogP contribution in [0.1, 0.15) is 138 Å². The quantitative estimate of drug-likeness (QED) is 0.0374. The summed E-state index contributed by atoms with van der Waals surface area (Å²) < 4.78 is 26.4. The molecule has 0 spiro atoms. The van der Waals surface area contributed by atoms with Gasteiger partial charge < -0.3 is 40.8 Å². The van der Waals surface area contributed by atoms with E-state index in [4.69, 9.17) is 24.5 Å². The van der Waals surface area contributed by atoms with E-state index in [0.29, 0.717) is 39.0 Å². The Hall–Kier alpha value is -6.06. The fraction of sp³-hybridized carbons (Fsp3) is 0.458. The Bertz CT molecular complexity index is 2990. The van der Waals surface area contributed by atoms with Crippen LogP contribution in [0.2, 0.25) is 0 Å². The van der Waals surface area contributed by atoms with Crippen LogP contribution >= 0.6 is 0 Å². The zero-order valence-corrected chi connectivity index (χ0v) is 44.5. The zero-order valence-electron chi connectivity index (χ0n) is 43.0. The molecule has 2 aliphatic carbocycles. The number of ether oxygens (including phenoxy) is 4. The molecule has 0 bridgehead atoms. The number of azide groups is 1. The minimum absolute atomic E-state index is 0. The molecule has 73 heavy (non-hydrogen) atoms. The third-order valence-corrected chi connectivity index (χ3v) is 13.8. The second-order valence-corrected chi connectivity index (χ2v) is 20.6. The number of fused-ring (bicyclic) bond motifs is 4. The summed E-state index contributed by atoms with van der Waals surface area (Å²) >= 11 is 0. The molecule has 1 amide bonds. The van der Waals surface area contributed by atoms with Crippen LogP contribution in [0.3, 0.4) is 0 Å². The average molecular weight is 1090 g/mol. The van der Waals surface area contributed by atoms with Crippen molar-refractivity contribution in [1.29, 1.82) is 0 Å². The third-order valence-electron chi connectivity index (χ3n) is 13.8. The zero-order chi connectivity index (χ0) is 49.3. The van der Waals surface area contributed by atoms with Gasteiger partial charge >= 0.3 is 0 Å². The molecule has 0 unspecified atom stereocenters. The van der Waals surface area contributed by atoms with Crippen LogP contribution < -0.4 is 24.3 Å². The van der Waals surface area contributed by atoms with E-state index in [-0.39, 0.29) is 86.0 Å². The molecule has 2 fully saturated rings. The van der Waals surface area contributed by atoms with Crippen LogP contribution in [-0.2, 0) is 82.4 Å². The van der Waals surface area contributed by atoms with Gasteiger partial charge in [-0.05, 0) is 114 Å². The molecule has 2 saturated carbocycles. The number of rotatable bonds is 14. The smallest absolute Gasteiger partial charge is 0.231 e. The fourth-order valence-electron chi connectivity index (χ4n) is 9.92. The minimum atomic E-state index is -0.409. The van der Waals surface area contributed by atoms with Gasteiger partial charge in [0, 0.05) is 117 Å². The van der Waals surface area contributed by atoms with Crippen molar-refractivity contribution in [3.63, 3.8) is 0 Å². The molecule has 0 atom stereocenters. The van der Waals surface area contributed by atoms with Gasteiger partial charge in [0.25, 0.3) is 0 Å². The Morgan fingerprint density at radius 2 is 1.05 bits per heavy atom. The average Bonchev–Trinajstić information content (AvgIpc) is 4.08. The first kappa shape index (κ1) is 59.5. The maximum atomic E-state index is 13.5. The maximum Gasteiger partial charge on any atom is 0.231 e. The Balaban J connectivity index is 0.000000355. The number of amides is 1. The molecule has 1 N–H and O–H groups in total. The molecule has 398 valence electrons. The van der Waals surface area contributed by atoms with E-state index in [0.717, 1.165) is 92.7 Å². The predicted octanol–water partition coefficient (Wildman–Crippen LogP) is 13.5. The molecule has 0 radical (unpaired) electrons. The maximum absolute atomic E-state index is 13.5. The number of hydrogen-bond acceptors (Lipinski definition) is 8. The van der Waals surface area contributed by atoms with Gasteiger partial charge in [-0.15, -0.1) is 0 Å². The van der Waals surface area contributed by atoms with Crippen LogP contribution in [0.4, 0.5) is 0 Å². The summed E-state index contributed by atoms with van der Waals surface area (Å²) in [5.74, 6) is 3.43. The molecule has 10 rings (SSSR count). The molecule has 4 aromatic carbocycles. The van der Waals surface area contributed by atoms with Gasteiger partial charge in [0.15, 0.2) is 23.0 Å². The van der Waals surface area contributed by atoms with Crippen molar-refractivity contribution in [3.8, 4) is 23.0 Å². The van der Waals surface area contributed by atoms with Gasteiger partial charge in [-0.3, -0.25) is 14.4 Å². The fourth-order valence-corrected chi connectivity index (χ4v) is 9.92. The first-order valence-corrected chi connectivity index (χ1v) is 24.4. The predicted molar refractivity (Wildman–Crippen MR) is 292 cm³/mol. The van der Waals surface area contributed by atoms with Crippen molar-refractivity contribution in [2.75, 3.05) is 26.7 Å². The van der Waals surface area contributed by atoms with E-state index in [2.05, 4.69) is 108 Å². The van der Waals surface area contributed by atoms with E-state index in [1.165, 1.54) is 18.3 Å². The van der Waals surface area contributed by atoms with Crippen molar-refractivity contribution in [3.05, 3.63) is 136 Å². The van der Waals surface area contributed by atoms with Crippen molar-refractivity contribution in [1.82, 2.24) is 14.5 Å². The third kappa shape index (κ3) is 12.5. The van der Waals surface area contributed by atoms with Crippen LogP contribution in [0, 0.1) is 7.43 Å². The number of carbonyl (C=O) groups is 3. The van der Waals surface area contributed by atoms with E-state index in [9.17, 15) is 14.4 Å². The van der Waals surface area contributed by atoms with Crippen LogP contribution in [0.5, 0.6) is 23.0 Å². The number of nitrogens with one attached hydrogen (secondary N) is 1. The van der Waals surface area contributed by atoms with Crippen LogP contribution in [-0.4, -0.2) is 53.3 Å². The van der Waals surface area contributed by atoms with Crippen LogP contribution in [0.15, 0.2) is 90.0 Å². The van der Waals surface area contributed by atoms with E-state index < -0.39 is 10.8 Å². The van der Waals surface area contributed by atoms with Crippen molar-refractivity contribution >= 4 is 39.3 Å². The van der Waals surface area contributed by atoms with Crippen LogP contribution in [0.25, 0.3) is 32.2 Å². The summed E-state index contributed by atoms with van der Waals surface area (Å²) in [5.41, 5.74) is 16.5. The summed E-state index contributed by atoms with van der Waals surface area (Å²) in [7, 11) is 0. The number of benzene rings is 4. The molecule has 4 heterocycles. The molecule has 4 aliphatic rings. The molecular formula is C59H79N6O7Pd-. The standard InChI is InChI=1S/C28H32N2O4.C26H28N4O3.C2H6.2CH4.CH3.Pd.H2/c1-18(31)29-11-12-30-22-7-5-19(13-20(22)15-25(30)27(2,3)4)14-26(32)28(9-10-28)21-6-8-23-24(16-21)34-17-33-23;1-25(2,3)23-14-18-12-17(4-6-20(18)30(23)11-10-28-29-27)13-24(31)26(8-9-26)19-5-7-21-22(15-19)33-16-32-21;1-2;;;;;/h5-8,13,15-16H,9-12,14,17H2,1-4H3,(H,29,31);4-7,12,14-15H,8-11,13,16H2,1-3H3;1-2H3;2*1H4;1H3;;1H/q;;;;;-1;;. The Kier molecular flexibility index (Phi) is 19.5. The van der Waals surface area contributed by atoms with Gasteiger partial charge in [-0.1, -0.05) is 99.6 Å². The Labute approximate surface area is 448 Å². The summed E-state index contributed by atoms with van der Waals surface area (Å²) in [4.78, 5) is 41.1.